The fourth-order valence-corrected chi connectivity index (χ4v) is 2.83. The summed E-state index contributed by atoms with van der Waals surface area (Å²) in [4.78, 5) is 15.7. The largest absolute Gasteiger partial charge is 0.368 e. The highest BCUT2D eigenvalue weighted by atomic mass is 16.1. The van der Waals surface area contributed by atoms with Gasteiger partial charge < -0.3 is 16.4 Å². The number of primary amides is 1. The van der Waals surface area contributed by atoms with Gasteiger partial charge in [-0.05, 0) is 31.9 Å². The summed E-state index contributed by atoms with van der Waals surface area (Å²) in [5, 5.41) is 6.80. The van der Waals surface area contributed by atoms with Crippen LogP contribution in [0.2, 0.25) is 0 Å². The van der Waals surface area contributed by atoms with Gasteiger partial charge in [0.2, 0.25) is 0 Å². The van der Waals surface area contributed by atoms with Crippen molar-refractivity contribution in [1.82, 2.24) is 10.3 Å². The van der Waals surface area contributed by atoms with E-state index in [1.165, 1.54) is 38.5 Å². The molecule has 116 valence electrons. The molecule has 1 amide bonds. The first kappa shape index (κ1) is 15.8. The lowest BCUT2D eigenvalue weighted by Crippen LogP contribution is -2.33. The van der Waals surface area contributed by atoms with Crippen LogP contribution in [-0.4, -0.2) is 30.0 Å². The SMILES string of the molecule is Cc1ccc(C(N)=O)c(NCCNC2CCCCCC2)n1. The number of aryl methyl sites for hydroxylation is 1. The van der Waals surface area contributed by atoms with Gasteiger partial charge in [0, 0.05) is 24.8 Å². The van der Waals surface area contributed by atoms with Crippen LogP contribution in [0.1, 0.15) is 54.6 Å². The molecule has 4 N–H and O–H groups in total. The van der Waals surface area contributed by atoms with Crippen LogP contribution in [0.15, 0.2) is 12.1 Å². The summed E-state index contributed by atoms with van der Waals surface area (Å²) < 4.78 is 0. The molecule has 0 saturated heterocycles. The van der Waals surface area contributed by atoms with E-state index in [-0.39, 0.29) is 0 Å². The van der Waals surface area contributed by atoms with Crippen LogP contribution in [0.3, 0.4) is 0 Å². The Kier molecular flexibility index (Phi) is 5.99. The van der Waals surface area contributed by atoms with Crippen LogP contribution >= 0.6 is 0 Å². The van der Waals surface area contributed by atoms with Gasteiger partial charge in [0.1, 0.15) is 5.82 Å². The maximum Gasteiger partial charge on any atom is 0.252 e. The predicted octanol–water partition coefficient (Wildman–Crippen LogP) is 2.21. The molecular formula is C16H26N4O. The number of hydrogen-bond acceptors (Lipinski definition) is 4. The Morgan fingerprint density at radius 2 is 1.95 bits per heavy atom. The van der Waals surface area contributed by atoms with E-state index in [1.54, 1.807) is 12.1 Å². The van der Waals surface area contributed by atoms with Gasteiger partial charge in [-0.2, -0.15) is 0 Å². The minimum absolute atomic E-state index is 0.443. The number of rotatable bonds is 6. The van der Waals surface area contributed by atoms with Crippen molar-refractivity contribution in [3.8, 4) is 0 Å². The van der Waals surface area contributed by atoms with Gasteiger partial charge in [-0.1, -0.05) is 25.7 Å². The van der Waals surface area contributed by atoms with Gasteiger partial charge >= 0.3 is 0 Å². The third-order valence-corrected chi connectivity index (χ3v) is 4.01. The van der Waals surface area contributed by atoms with Crippen LogP contribution in [-0.2, 0) is 0 Å². The van der Waals surface area contributed by atoms with Gasteiger partial charge in [0.15, 0.2) is 0 Å². The number of nitrogens with two attached hydrogens (primary N) is 1. The first-order valence-electron chi connectivity index (χ1n) is 7.91. The van der Waals surface area contributed by atoms with Crippen molar-refractivity contribution in [3.63, 3.8) is 0 Å². The number of pyridine rings is 1. The summed E-state index contributed by atoms with van der Waals surface area (Å²) in [6.45, 7) is 3.52. The fourth-order valence-electron chi connectivity index (χ4n) is 2.83. The van der Waals surface area contributed by atoms with Crippen LogP contribution in [0.4, 0.5) is 5.82 Å². The van der Waals surface area contributed by atoms with Crippen molar-refractivity contribution in [2.24, 2.45) is 5.73 Å². The third-order valence-electron chi connectivity index (χ3n) is 4.01. The molecule has 0 unspecified atom stereocenters. The Labute approximate surface area is 126 Å². The molecule has 0 aromatic carbocycles. The zero-order valence-corrected chi connectivity index (χ0v) is 12.8. The molecule has 0 aliphatic heterocycles. The van der Waals surface area contributed by atoms with Crippen LogP contribution in [0.5, 0.6) is 0 Å². The number of anilines is 1. The average Bonchev–Trinajstić information content (AvgIpc) is 2.72. The van der Waals surface area contributed by atoms with Gasteiger partial charge in [0.05, 0.1) is 5.56 Å². The van der Waals surface area contributed by atoms with Gasteiger partial charge in [0.25, 0.3) is 5.91 Å². The number of nitrogens with one attached hydrogen (secondary N) is 2. The van der Waals surface area contributed by atoms with Crippen molar-refractivity contribution in [3.05, 3.63) is 23.4 Å². The maximum atomic E-state index is 11.4. The molecule has 5 nitrogen and oxygen atoms in total. The van der Waals surface area contributed by atoms with E-state index in [1.807, 2.05) is 6.92 Å². The highest BCUT2D eigenvalue weighted by Gasteiger charge is 2.12. The van der Waals surface area contributed by atoms with Crippen molar-refractivity contribution < 1.29 is 4.79 Å². The summed E-state index contributed by atoms with van der Waals surface area (Å²) in [6.07, 6.45) is 7.94. The molecule has 1 aliphatic carbocycles. The van der Waals surface area contributed by atoms with E-state index >= 15 is 0 Å². The minimum atomic E-state index is -0.443. The summed E-state index contributed by atoms with van der Waals surface area (Å²) in [5.74, 6) is 0.145. The number of carbonyl (C=O) groups excluding carboxylic acids is 1. The molecule has 5 heteroatoms. The smallest absolute Gasteiger partial charge is 0.252 e. The van der Waals surface area contributed by atoms with Crippen LogP contribution in [0, 0.1) is 6.92 Å². The monoisotopic (exact) mass is 290 g/mol. The second kappa shape index (κ2) is 7.98. The van der Waals surface area contributed by atoms with Crippen molar-refractivity contribution >= 4 is 11.7 Å². The molecule has 1 saturated carbocycles. The van der Waals surface area contributed by atoms with Crippen LogP contribution in [0.25, 0.3) is 0 Å². The highest BCUT2D eigenvalue weighted by Crippen LogP contribution is 2.17. The molecule has 1 heterocycles. The summed E-state index contributed by atoms with van der Waals surface area (Å²) in [7, 11) is 0. The Balaban J connectivity index is 1.80. The second-order valence-corrected chi connectivity index (χ2v) is 5.78. The third kappa shape index (κ3) is 5.01. The lowest BCUT2D eigenvalue weighted by atomic mass is 10.1. The molecule has 0 spiro atoms. The van der Waals surface area contributed by atoms with E-state index in [4.69, 9.17) is 5.73 Å². The zero-order valence-electron chi connectivity index (χ0n) is 12.8. The number of amides is 1. The molecule has 0 radical (unpaired) electrons. The van der Waals surface area contributed by atoms with E-state index < -0.39 is 5.91 Å². The van der Waals surface area contributed by atoms with Crippen LogP contribution < -0.4 is 16.4 Å². The number of nitrogens with zero attached hydrogens (tertiary/aromatic N) is 1. The van der Waals surface area contributed by atoms with E-state index in [9.17, 15) is 4.79 Å². The predicted molar refractivity (Wildman–Crippen MR) is 85.5 cm³/mol. The zero-order chi connectivity index (χ0) is 15.1. The maximum absolute atomic E-state index is 11.4. The Morgan fingerprint density at radius 3 is 2.62 bits per heavy atom. The number of aromatic nitrogens is 1. The molecular weight excluding hydrogens is 264 g/mol. The highest BCUT2D eigenvalue weighted by molar-refractivity contribution is 5.97. The van der Waals surface area contributed by atoms with E-state index in [0.29, 0.717) is 17.4 Å². The minimum Gasteiger partial charge on any atom is -0.368 e. The molecule has 1 aromatic rings. The molecule has 2 rings (SSSR count). The standard InChI is InChI=1S/C16H26N4O/c1-12-8-9-14(15(17)21)16(20-12)19-11-10-18-13-6-4-2-3-5-7-13/h8-9,13,18H,2-7,10-11H2,1H3,(H2,17,21)(H,19,20). The van der Waals surface area contributed by atoms with Gasteiger partial charge in [-0.3, -0.25) is 4.79 Å². The molecule has 0 atom stereocenters. The number of carbonyl (C=O) groups is 1. The Morgan fingerprint density at radius 1 is 1.24 bits per heavy atom. The molecule has 21 heavy (non-hydrogen) atoms. The summed E-state index contributed by atoms with van der Waals surface area (Å²) in [6, 6.07) is 4.16. The lowest BCUT2D eigenvalue weighted by molar-refractivity contribution is 0.100. The fraction of sp³-hybridized carbons (Fsp3) is 0.625. The first-order chi connectivity index (χ1) is 10.2. The molecule has 1 aliphatic rings. The van der Waals surface area contributed by atoms with Crippen molar-refractivity contribution in [2.45, 2.75) is 51.5 Å². The average molecular weight is 290 g/mol. The quantitative estimate of drug-likeness (QED) is 0.554. The van der Waals surface area contributed by atoms with E-state index in [0.717, 1.165) is 18.8 Å². The molecule has 1 aromatic heterocycles. The molecule has 0 bridgehead atoms. The van der Waals surface area contributed by atoms with Gasteiger partial charge in [-0.25, -0.2) is 4.98 Å². The first-order valence-corrected chi connectivity index (χ1v) is 7.91. The second-order valence-electron chi connectivity index (χ2n) is 5.78. The van der Waals surface area contributed by atoms with E-state index in [2.05, 4.69) is 15.6 Å². The van der Waals surface area contributed by atoms with Crippen molar-refractivity contribution in [2.75, 3.05) is 18.4 Å². The number of hydrogen-bond donors (Lipinski definition) is 3. The Bertz CT molecular complexity index is 467. The normalized spacial score (nSPS) is 16.4. The molecule has 1 fully saturated rings. The van der Waals surface area contributed by atoms with Gasteiger partial charge in [-0.15, -0.1) is 0 Å². The van der Waals surface area contributed by atoms with Crippen molar-refractivity contribution in [1.29, 1.82) is 0 Å². The topological polar surface area (TPSA) is 80.0 Å². The summed E-state index contributed by atoms with van der Waals surface area (Å²) in [5.41, 5.74) is 6.70. The Hall–Kier alpha value is -1.62. The lowest BCUT2D eigenvalue weighted by Gasteiger charge is -2.17. The summed E-state index contributed by atoms with van der Waals surface area (Å²) >= 11 is 0.